The summed E-state index contributed by atoms with van der Waals surface area (Å²) in [7, 11) is 1.69. The van der Waals surface area contributed by atoms with Crippen LogP contribution in [0.15, 0.2) is 18.3 Å². The van der Waals surface area contributed by atoms with Crippen molar-refractivity contribution in [1.82, 2.24) is 14.3 Å². The van der Waals surface area contributed by atoms with Crippen LogP contribution in [0.1, 0.15) is 42.0 Å². The quantitative estimate of drug-likeness (QED) is 0.766. The molecule has 2 heterocycles. The molecule has 0 aliphatic carbocycles. The maximum Gasteiger partial charge on any atom is 0.307 e. The smallest absolute Gasteiger partial charge is 0.307 e. The van der Waals surface area contributed by atoms with Crippen molar-refractivity contribution in [3.8, 4) is 0 Å². The molecule has 2 aromatic rings. The fourth-order valence-corrected chi connectivity index (χ4v) is 2.50. The van der Waals surface area contributed by atoms with Gasteiger partial charge < -0.3 is 9.64 Å². The molecule has 0 atom stereocenters. The minimum absolute atomic E-state index is 0.135. The van der Waals surface area contributed by atoms with Crippen LogP contribution in [0, 0.1) is 6.92 Å². The highest BCUT2D eigenvalue weighted by Crippen LogP contribution is 2.18. The van der Waals surface area contributed by atoms with Gasteiger partial charge in [-0.05, 0) is 31.9 Å². The Hall–Kier alpha value is -2.37. The number of ether oxygens (including phenoxy) is 1. The summed E-state index contributed by atoms with van der Waals surface area (Å²) in [6, 6.07) is 3.87. The number of hydrogen-bond acceptors (Lipinski definition) is 4. The number of carbonyl (C=O) groups excluding carboxylic acids is 2. The lowest BCUT2D eigenvalue weighted by molar-refractivity contribution is -0.143. The van der Waals surface area contributed by atoms with E-state index in [-0.39, 0.29) is 18.3 Å². The average molecular weight is 317 g/mol. The first-order valence-electron chi connectivity index (χ1n) is 7.87. The van der Waals surface area contributed by atoms with Crippen LogP contribution in [0.2, 0.25) is 0 Å². The molecule has 124 valence electrons. The predicted molar refractivity (Wildman–Crippen MR) is 87.5 cm³/mol. The molecule has 6 nitrogen and oxygen atoms in total. The first kappa shape index (κ1) is 17.0. The minimum Gasteiger partial charge on any atom is -0.466 e. The number of aryl methyl sites for hydroxylation is 2. The third-order valence-corrected chi connectivity index (χ3v) is 3.76. The molecule has 6 heteroatoms. The maximum atomic E-state index is 12.8. The van der Waals surface area contributed by atoms with Crippen molar-refractivity contribution >= 4 is 17.5 Å². The van der Waals surface area contributed by atoms with E-state index in [1.165, 1.54) is 0 Å². The fourth-order valence-electron chi connectivity index (χ4n) is 2.50. The van der Waals surface area contributed by atoms with E-state index in [1.807, 2.05) is 36.6 Å². The van der Waals surface area contributed by atoms with E-state index in [9.17, 15) is 9.59 Å². The summed E-state index contributed by atoms with van der Waals surface area (Å²) < 4.78 is 6.73. The fraction of sp³-hybridized carbons (Fsp3) is 0.471. The Bertz CT molecular complexity index is 721. The van der Waals surface area contributed by atoms with Crippen molar-refractivity contribution in [2.75, 3.05) is 20.2 Å². The number of carbonyl (C=O) groups is 2. The molecule has 0 aliphatic heterocycles. The summed E-state index contributed by atoms with van der Waals surface area (Å²) in [4.78, 5) is 30.4. The second-order valence-corrected chi connectivity index (χ2v) is 5.43. The van der Waals surface area contributed by atoms with E-state index in [0.717, 1.165) is 16.9 Å². The van der Waals surface area contributed by atoms with Crippen molar-refractivity contribution in [3.05, 3.63) is 35.3 Å². The molecule has 0 aliphatic rings. The topological polar surface area (TPSA) is 63.9 Å². The molecule has 0 aromatic carbocycles. The molecule has 0 saturated heterocycles. The standard InChI is InChI=1S/C17H23N3O3/c1-5-13-15(20-10-7-8-12(3)16(20)18-13)17(22)19(4)11-9-14(21)23-6-2/h7-8,10H,5-6,9,11H2,1-4H3. The number of imidazole rings is 1. The van der Waals surface area contributed by atoms with Crippen LogP contribution in [0.25, 0.3) is 5.65 Å². The highest BCUT2D eigenvalue weighted by atomic mass is 16.5. The highest BCUT2D eigenvalue weighted by Gasteiger charge is 2.22. The minimum atomic E-state index is -0.295. The number of amides is 1. The van der Waals surface area contributed by atoms with E-state index in [2.05, 4.69) is 4.98 Å². The highest BCUT2D eigenvalue weighted by molar-refractivity contribution is 5.95. The summed E-state index contributed by atoms with van der Waals surface area (Å²) in [5.74, 6) is -0.430. The lowest BCUT2D eigenvalue weighted by Crippen LogP contribution is -2.31. The number of rotatable bonds is 6. The second-order valence-electron chi connectivity index (χ2n) is 5.43. The normalized spacial score (nSPS) is 10.8. The van der Waals surface area contributed by atoms with Gasteiger partial charge >= 0.3 is 5.97 Å². The van der Waals surface area contributed by atoms with Crippen LogP contribution in [-0.2, 0) is 16.0 Å². The van der Waals surface area contributed by atoms with Gasteiger partial charge in [-0.1, -0.05) is 13.0 Å². The van der Waals surface area contributed by atoms with Gasteiger partial charge in [-0.15, -0.1) is 0 Å². The molecular formula is C17H23N3O3. The third-order valence-electron chi connectivity index (χ3n) is 3.76. The van der Waals surface area contributed by atoms with E-state index >= 15 is 0 Å². The average Bonchev–Trinajstić information content (AvgIpc) is 2.92. The van der Waals surface area contributed by atoms with Gasteiger partial charge in [0.15, 0.2) is 0 Å². The molecule has 2 aromatic heterocycles. The summed E-state index contributed by atoms with van der Waals surface area (Å²) in [5, 5.41) is 0. The Labute approximate surface area is 136 Å². The second kappa shape index (κ2) is 7.26. The van der Waals surface area contributed by atoms with E-state index < -0.39 is 0 Å². The lowest BCUT2D eigenvalue weighted by Gasteiger charge is -2.17. The van der Waals surface area contributed by atoms with Crippen molar-refractivity contribution in [2.45, 2.75) is 33.6 Å². The molecule has 0 fully saturated rings. The molecule has 0 unspecified atom stereocenters. The molecule has 0 bridgehead atoms. The largest absolute Gasteiger partial charge is 0.466 e. The number of aromatic nitrogens is 2. The van der Waals surface area contributed by atoms with Gasteiger partial charge in [-0.3, -0.25) is 14.0 Å². The molecule has 0 radical (unpaired) electrons. The van der Waals surface area contributed by atoms with E-state index in [4.69, 9.17) is 4.74 Å². The van der Waals surface area contributed by atoms with E-state index in [0.29, 0.717) is 25.3 Å². The summed E-state index contributed by atoms with van der Waals surface area (Å²) >= 11 is 0. The number of hydrogen-bond donors (Lipinski definition) is 0. The Balaban J connectivity index is 2.26. The first-order valence-corrected chi connectivity index (χ1v) is 7.87. The van der Waals surface area contributed by atoms with Crippen molar-refractivity contribution in [1.29, 1.82) is 0 Å². The van der Waals surface area contributed by atoms with E-state index in [1.54, 1.807) is 18.9 Å². The summed E-state index contributed by atoms with van der Waals surface area (Å²) in [6.45, 7) is 6.39. The van der Waals surface area contributed by atoms with Gasteiger partial charge in [0.1, 0.15) is 11.3 Å². The van der Waals surface area contributed by atoms with Crippen LogP contribution in [0.3, 0.4) is 0 Å². The third kappa shape index (κ3) is 3.52. The van der Waals surface area contributed by atoms with Crippen LogP contribution >= 0.6 is 0 Å². The van der Waals surface area contributed by atoms with Gasteiger partial charge in [-0.25, -0.2) is 4.98 Å². The van der Waals surface area contributed by atoms with Gasteiger partial charge in [0, 0.05) is 19.8 Å². The molecule has 2 rings (SSSR count). The SMILES string of the molecule is CCOC(=O)CCN(C)C(=O)c1c(CC)nc2c(C)cccn12. The molecule has 0 saturated carbocycles. The Morgan fingerprint density at radius 2 is 2.09 bits per heavy atom. The zero-order chi connectivity index (χ0) is 17.0. The van der Waals surface area contributed by atoms with Crippen molar-refractivity contribution in [2.24, 2.45) is 0 Å². The van der Waals surface area contributed by atoms with Crippen LogP contribution in [0.4, 0.5) is 0 Å². The summed E-state index contributed by atoms with van der Waals surface area (Å²) in [6.07, 6.45) is 2.71. The molecule has 0 N–H and O–H groups in total. The summed E-state index contributed by atoms with van der Waals surface area (Å²) in [5.41, 5.74) is 3.16. The van der Waals surface area contributed by atoms with Crippen molar-refractivity contribution < 1.29 is 14.3 Å². The number of nitrogens with zero attached hydrogens (tertiary/aromatic N) is 3. The molecular weight excluding hydrogens is 294 g/mol. The van der Waals surface area contributed by atoms with Gasteiger partial charge in [0.05, 0.1) is 18.7 Å². The van der Waals surface area contributed by atoms with Gasteiger partial charge in [-0.2, -0.15) is 0 Å². The Kier molecular flexibility index (Phi) is 5.36. The molecule has 23 heavy (non-hydrogen) atoms. The van der Waals surface area contributed by atoms with Gasteiger partial charge in [0.2, 0.25) is 0 Å². The number of fused-ring (bicyclic) bond motifs is 1. The monoisotopic (exact) mass is 317 g/mol. The maximum absolute atomic E-state index is 12.8. The Morgan fingerprint density at radius 1 is 1.35 bits per heavy atom. The van der Waals surface area contributed by atoms with Gasteiger partial charge in [0.25, 0.3) is 5.91 Å². The molecule has 1 amide bonds. The van der Waals surface area contributed by atoms with Crippen molar-refractivity contribution in [3.63, 3.8) is 0 Å². The predicted octanol–water partition coefficient (Wildman–Crippen LogP) is 2.23. The zero-order valence-corrected chi connectivity index (χ0v) is 14.1. The number of pyridine rings is 1. The Morgan fingerprint density at radius 3 is 2.74 bits per heavy atom. The number of esters is 1. The lowest BCUT2D eigenvalue weighted by atomic mass is 10.2. The first-order chi connectivity index (χ1) is 11.0. The van der Waals surface area contributed by atoms with Crippen LogP contribution < -0.4 is 0 Å². The zero-order valence-electron chi connectivity index (χ0n) is 14.1. The van der Waals surface area contributed by atoms with Crippen LogP contribution in [0.5, 0.6) is 0 Å². The van der Waals surface area contributed by atoms with Crippen LogP contribution in [-0.4, -0.2) is 46.4 Å². The molecule has 0 spiro atoms.